The Morgan fingerprint density at radius 1 is 1.08 bits per heavy atom. The van der Waals surface area contributed by atoms with Gasteiger partial charge < -0.3 is 25.4 Å². The van der Waals surface area contributed by atoms with Crippen LogP contribution in [-0.4, -0.2) is 77.1 Å². The molecular formula is C28H37N5O3. The first-order valence-electron chi connectivity index (χ1n) is 13.6. The molecule has 1 aliphatic carbocycles. The Balaban J connectivity index is 1.03. The van der Waals surface area contributed by atoms with Crippen molar-refractivity contribution in [3.63, 3.8) is 0 Å². The minimum absolute atomic E-state index is 0.0322. The van der Waals surface area contributed by atoms with Crippen LogP contribution in [-0.2, 0) is 4.74 Å². The molecular weight excluding hydrogens is 454 g/mol. The Labute approximate surface area is 212 Å². The van der Waals surface area contributed by atoms with Crippen LogP contribution in [0.3, 0.4) is 0 Å². The maximum atomic E-state index is 12.6. The van der Waals surface area contributed by atoms with Crippen molar-refractivity contribution in [2.75, 3.05) is 38.2 Å². The molecule has 1 amide bonds. The highest BCUT2D eigenvalue weighted by atomic mass is 16.5. The molecule has 1 unspecified atom stereocenters. The number of amides is 1. The van der Waals surface area contributed by atoms with E-state index in [1.807, 2.05) is 36.4 Å². The molecule has 0 radical (unpaired) electrons. The van der Waals surface area contributed by atoms with E-state index in [0.717, 1.165) is 54.6 Å². The number of fused-ring (bicyclic) bond motifs is 1. The first-order valence-corrected chi connectivity index (χ1v) is 13.6. The monoisotopic (exact) mass is 491 g/mol. The van der Waals surface area contributed by atoms with Gasteiger partial charge >= 0.3 is 0 Å². The van der Waals surface area contributed by atoms with Gasteiger partial charge in [0.2, 0.25) is 0 Å². The Morgan fingerprint density at radius 3 is 2.64 bits per heavy atom. The third-order valence-corrected chi connectivity index (χ3v) is 8.73. The van der Waals surface area contributed by atoms with Crippen LogP contribution in [0.25, 0.3) is 11.3 Å². The fourth-order valence-electron chi connectivity index (χ4n) is 6.72. The van der Waals surface area contributed by atoms with Gasteiger partial charge in [-0.3, -0.25) is 4.79 Å². The topological polar surface area (TPSA) is 99.6 Å². The predicted molar refractivity (Wildman–Crippen MR) is 138 cm³/mol. The molecule has 36 heavy (non-hydrogen) atoms. The molecule has 8 nitrogen and oxygen atoms in total. The summed E-state index contributed by atoms with van der Waals surface area (Å²) in [6, 6.07) is 12.6. The lowest BCUT2D eigenvalue weighted by molar-refractivity contribution is 0.0594. The molecule has 6 rings (SSSR count). The summed E-state index contributed by atoms with van der Waals surface area (Å²) in [5.41, 5.74) is 2.36. The molecule has 0 bridgehead atoms. The minimum Gasteiger partial charge on any atom is -0.391 e. The maximum absolute atomic E-state index is 12.6. The van der Waals surface area contributed by atoms with Crippen LogP contribution in [0, 0.1) is 17.8 Å². The van der Waals surface area contributed by atoms with E-state index in [1.165, 1.54) is 32.1 Å². The van der Waals surface area contributed by atoms with Crippen molar-refractivity contribution in [1.29, 1.82) is 0 Å². The van der Waals surface area contributed by atoms with Crippen molar-refractivity contribution in [2.24, 2.45) is 17.8 Å². The summed E-state index contributed by atoms with van der Waals surface area (Å²) in [5.74, 6) is 3.11. The predicted octanol–water partition coefficient (Wildman–Crippen LogP) is 2.95. The van der Waals surface area contributed by atoms with Crippen molar-refractivity contribution in [1.82, 2.24) is 20.4 Å². The molecule has 3 aliphatic heterocycles. The number of likely N-dealkylation sites (tertiary alicyclic amines) is 1. The lowest BCUT2D eigenvalue weighted by atomic mass is 9.85. The number of aromatic nitrogens is 2. The number of aliphatic hydroxyl groups is 1. The average molecular weight is 492 g/mol. The first-order chi connectivity index (χ1) is 17.6. The molecule has 1 aromatic heterocycles. The molecule has 8 heteroatoms. The number of aliphatic hydroxyl groups excluding tert-OH is 1. The second-order valence-corrected chi connectivity index (χ2v) is 11.1. The normalized spacial score (nSPS) is 30.5. The third-order valence-electron chi connectivity index (χ3n) is 8.73. The Morgan fingerprint density at radius 2 is 1.92 bits per heavy atom. The summed E-state index contributed by atoms with van der Waals surface area (Å²) in [4.78, 5) is 14.3. The van der Waals surface area contributed by atoms with Crippen molar-refractivity contribution >= 4 is 11.7 Å². The van der Waals surface area contributed by atoms with E-state index >= 15 is 0 Å². The number of anilines is 1. The molecule has 4 aliphatic rings. The molecule has 1 aromatic carbocycles. The average Bonchev–Trinajstić information content (AvgIpc) is 3.62. The van der Waals surface area contributed by atoms with Crippen LogP contribution in [0.4, 0.5) is 5.82 Å². The SMILES string of the molecule is O=C(c1ccc(-c2ccc(N[C@H]3C[C@@H]4CN[C@@H](CC5CCOCC5)[C@H]4C3)nn2)cc1)N1CCC(O)C1. The zero-order valence-electron chi connectivity index (χ0n) is 20.8. The van der Waals surface area contributed by atoms with Gasteiger partial charge in [0, 0.05) is 49.5 Å². The largest absolute Gasteiger partial charge is 0.391 e. The Hall–Kier alpha value is -2.55. The van der Waals surface area contributed by atoms with Gasteiger partial charge in [0.05, 0.1) is 11.8 Å². The van der Waals surface area contributed by atoms with Crippen molar-refractivity contribution in [2.45, 2.75) is 56.7 Å². The van der Waals surface area contributed by atoms with Crippen molar-refractivity contribution in [3.8, 4) is 11.3 Å². The van der Waals surface area contributed by atoms with Crippen LogP contribution < -0.4 is 10.6 Å². The van der Waals surface area contributed by atoms with Crippen LogP contribution in [0.2, 0.25) is 0 Å². The summed E-state index contributed by atoms with van der Waals surface area (Å²) in [6.07, 6.45) is 6.33. The van der Waals surface area contributed by atoms with Gasteiger partial charge in [-0.25, -0.2) is 0 Å². The zero-order valence-corrected chi connectivity index (χ0v) is 20.8. The number of carbonyl (C=O) groups excluding carboxylic acids is 1. The van der Waals surface area contributed by atoms with Gasteiger partial charge in [-0.05, 0) is 87.1 Å². The van der Waals surface area contributed by atoms with Gasteiger partial charge in [-0.2, -0.15) is 0 Å². The third kappa shape index (κ3) is 5.12. The van der Waals surface area contributed by atoms with Crippen LogP contribution in [0.1, 0.15) is 48.9 Å². The van der Waals surface area contributed by atoms with E-state index in [9.17, 15) is 9.90 Å². The zero-order chi connectivity index (χ0) is 24.5. The number of ether oxygens (including phenoxy) is 1. The first kappa shape index (κ1) is 23.8. The summed E-state index contributed by atoms with van der Waals surface area (Å²) < 4.78 is 5.54. The lowest BCUT2D eigenvalue weighted by Gasteiger charge is -2.27. The highest BCUT2D eigenvalue weighted by molar-refractivity contribution is 5.94. The standard InChI is InChI=1S/C28H37N5O3/c34-23-7-10-33(17-23)28(35)20-3-1-19(2-4-20)25-5-6-27(32-31-25)30-22-14-21-16-29-26(24(21)15-22)13-18-8-11-36-12-9-18/h1-6,18,21-24,26,29,34H,7-17H2,(H,30,32)/t21-,22+,23?,24+,26+/m1/s1. The number of nitrogens with zero attached hydrogens (tertiary/aromatic N) is 3. The fraction of sp³-hybridized carbons (Fsp3) is 0.607. The van der Waals surface area contributed by atoms with Gasteiger partial charge in [0.25, 0.3) is 5.91 Å². The molecule has 2 aromatic rings. The van der Waals surface area contributed by atoms with Crippen LogP contribution >= 0.6 is 0 Å². The highest BCUT2D eigenvalue weighted by Gasteiger charge is 2.43. The quantitative estimate of drug-likeness (QED) is 0.571. The molecule has 1 saturated carbocycles. The van der Waals surface area contributed by atoms with E-state index in [-0.39, 0.29) is 5.91 Å². The number of β-amino-alcohol motifs (C(OH)–C–C–N with tert-alkyl or cyclic N) is 1. The summed E-state index contributed by atoms with van der Waals surface area (Å²) >= 11 is 0. The van der Waals surface area contributed by atoms with Crippen LogP contribution in [0.5, 0.6) is 0 Å². The van der Waals surface area contributed by atoms with Gasteiger partial charge in [-0.1, -0.05) is 12.1 Å². The van der Waals surface area contributed by atoms with Gasteiger partial charge in [0.1, 0.15) is 5.82 Å². The molecule has 192 valence electrons. The number of hydrogen-bond acceptors (Lipinski definition) is 7. The number of carbonyl (C=O) groups is 1. The number of hydrogen-bond donors (Lipinski definition) is 3. The van der Waals surface area contributed by atoms with E-state index in [2.05, 4.69) is 20.8 Å². The van der Waals surface area contributed by atoms with Crippen molar-refractivity contribution < 1.29 is 14.6 Å². The number of benzene rings is 1. The summed E-state index contributed by atoms with van der Waals surface area (Å²) in [7, 11) is 0. The maximum Gasteiger partial charge on any atom is 0.253 e. The second-order valence-electron chi connectivity index (χ2n) is 11.1. The Bertz CT molecular complexity index is 1040. The minimum atomic E-state index is -0.408. The molecule has 4 heterocycles. The number of nitrogens with one attached hydrogen (secondary N) is 2. The highest BCUT2D eigenvalue weighted by Crippen LogP contribution is 2.41. The molecule has 0 spiro atoms. The molecule has 4 fully saturated rings. The van der Waals surface area contributed by atoms with Crippen LogP contribution in [0.15, 0.2) is 36.4 Å². The van der Waals surface area contributed by atoms with Gasteiger partial charge in [-0.15, -0.1) is 10.2 Å². The Kier molecular flexibility index (Phi) is 6.91. The van der Waals surface area contributed by atoms with E-state index in [0.29, 0.717) is 37.2 Å². The second kappa shape index (κ2) is 10.4. The molecule has 3 N–H and O–H groups in total. The lowest BCUT2D eigenvalue weighted by Crippen LogP contribution is -2.33. The van der Waals surface area contributed by atoms with E-state index < -0.39 is 6.10 Å². The summed E-state index contributed by atoms with van der Waals surface area (Å²) in [5, 5.41) is 26.1. The fourth-order valence-corrected chi connectivity index (χ4v) is 6.72. The van der Waals surface area contributed by atoms with E-state index in [1.54, 1.807) is 4.90 Å². The molecule has 5 atom stereocenters. The van der Waals surface area contributed by atoms with Crippen molar-refractivity contribution in [3.05, 3.63) is 42.0 Å². The smallest absolute Gasteiger partial charge is 0.253 e. The van der Waals surface area contributed by atoms with E-state index in [4.69, 9.17) is 4.74 Å². The molecule has 3 saturated heterocycles. The van der Waals surface area contributed by atoms with Gasteiger partial charge in [0.15, 0.2) is 0 Å². The summed E-state index contributed by atoms with van der Waals surface area (Å²) in [6.45, 7) is 4.01. The number of rotatable bonds is 6.